The Morgan fingerprint density at radius 2 is 1.77 bits per heavy atom. The van der Waals surface area contributed by atoms with Crippen molar-refractivity contribution in [2.24, 2.45) is 0 Å². The van der Waals surface area contributed by atoms with E-state index < -0.39 is 0 Å². The van der Waals surface area contributed by atoms with Crippen LogP contribution in [0.3, 0.4) is 0 Å². The second-order valence-corrected chi connectivity index (χ2v) is 4.89. The van der Waals surface area contributed by atoms with Gasteiger partial charge in [0.25, 0.3) is 5.91 Å². The number of rotatable bonds is 4. The molecule has 2 amide bonds. The van der Waals surface area contributed by atoms with Crippen molar-refractivity contribution in [3.05, 3.63) is 54.4 Å². The van der Waals surface area contributed by atoms with Crippen LogP contribution >= 0.6 is 0 Å². The highest BCUT2D eigenvalue weighted by molar-refractivity contribution is 6.06. The quantitative estimate of drug-likeness (QED) is 0.872. The summed E-state index contributed by atoms with van der Waals surface area (Å²) < 4.78 is 0. The van der Waals surface area contributed by atoms with E-state index in [2.05, 4.69) is 4.98 Å². The minimum atomic E-state index is -0.0903. The molecule has 0 spiro atoms. The molecular formula is C17H19N3O2. The van der Waals surface area contributed by atoms with E-state index in [1.54, 1.807) is 54.7 Å². The molecule has 0 atom stereocenters. The molecule has 114 valence electrons. The van der Waals surface area contributed by atoms with Crippen molar-refractivity contribution in [3.8, 4) is 0 Å². The largest absolute Gasteiger partial charge is 0.316 e. The number of carbonyl (C=O) groups excluding carboxylic acids is 2. The van der Waals surface area contributed by atoms with Gasteiger partial charge in [0.05, 0.1) is 11.9 Å². The Balaban J connectivity index is 2.23. The van der Waals surface area contributed by atoms with Crippen molar-refractivity contribution in [2.75, 3.05) is 23.4 Å². The Morgan fingerprint density at radius 3 is 2.27 bits per heavy atom. The number of nitrogens with zero attached hydrogens (tertiary/aromatic N) is 3. The zero-order valence-corrected chi connectivity index (χ0v) is 13.0. The first-order valence-corrected chi connectivity index (χ1v) is 7.11. The van der Waals surface area contributed by atoms with E-state index in [1.807, 2.05) is 13.0 Å². The molecule has 0 aliphatic heterocycles. The van der Waals surface area contributed by atoms with Gasteiger partial charge in [0.2, 0.25) is 5.91 Å². The Kier molecular flexibility index (Phi) is 4.88. The third kappa shape index (κ3) is 3.31. The molecule has 0 radical (unpaired) electrons. The number of benzene rings is 1. The first-order chi connectivity index (χ1) is 10.5. The van der Waals surface area contributed by atoms with E-state index in [0.717, 1.165) is 11.4 Å². The molecule has 0 aliphatic carbocycles. The second kappa shape index (κ2) is 6.85. The Bertz CT molecular complexity index is 653. The third-order valence-electron chi connectivity index (χ3n) is 3.49. The summed E-state index contributed by atoms with van der Waals surface area (Å²) in [5.74, 6) is -0.142. The maximum Gasteiger partial charge on any atom is 0.258 e. The zero-order chi connectivity index (χ0) is 16.1. The van der Waals surface area contributed by atoms with Gasteiger partial charge < -0.3 is 9.80 Å². The summed E-state index contributed by atoms with van der Waals surface area (Å²) in [6, 6.07) is 10.7. The SMILES string of the molecule is CCN(C(=O)c1ccc(N(C)C(C)=O)cc1)c1cccnc1. The maximum absolute atomic E-state index is 12.6. The Labute approximate surface area is 130 Å². The number of hydrogen-bond donors (Lipinski definition) is 0. The first-order valence-electron chi connectivity index (χ1n) is 7.11. The molecule has 0 aliphatic rings. The van der Waals surface area contributed by atoms with Crippen molar-refractivity contribution in [2.45, 2.75) is 13.8 Å². The predicted molar refractivity (Wildman–Crippen MR) is 87.1 cm³/mol. The van der Waals surface area contributed by atoms with Crippen LogP contribution in [0.25, 0.3) is 0 Å². The molecular weight excluding hydrogens is 278 g/mol. The van der Waals surface area contributed by atoms with E-state index in [-0.39, 0.29) is 11.8 Å². The van der Waals surface area contributed by atoms with Crippen molar-refractivity contribution < 1.29 is 9.59 Å². The van der Waals surface area contributed by atoms with Gasteiger partial charge in [0, 0.05) is 38.0 Å². The van der Waals surface area contributed by atoms with Crippen LogP contribution in [-0.2, 0) is 4.79 Å². The van der Waals surface area contributed by atoms with E-state index in [4.69, 9.17) is 0 Å². The number of amides is 2. The molecule has 0 fully saturated rings. The molecule has 0 bridgehead atoms. The summed E-state index contributed by atoms with van der Waals surface area (Å²) in [6.45, 7) is 3.97. The lowest BCUT2D eigenvalue weighted by Crippen LogP contribution is -2.30. The standard InChI is InChI=1S/C17H19N3O2/c1-4-20(16-6-5-11-18-12-16)17(22)14-7-9-15(10-8-14)19(3)13(2)21/h5-12H,4H2,1-3H3. The van der Waals surface area contributed by atoms with Crippen molar-refractivity contribution >= 4 is 23.2 Å². The van der Waals surface area contributed by atoms with E-state index in [9.17, 15) is 9.59 Å². The fourth-order valence-corrected chi connectivity index (χ4v) is 2.12. The minimum absolute atomic E-state index is 0.0513. The third-order valence-corrected chi connectivity index (χ3v) is 3.49. The van der Waals surface area contributed by atoms with E-state index in [1.165, 1.54) is 11.8 Å². The molecule has 0 saturated heterocycles. The molecule has 0 unspecified atom stereocenters. The predicted octanol–water partition coefficient (Wildman–Crippen LogP) is 2.73. The molecule has 1 heterocycles. The van der Waals surface area contributed by atoms with E-state index >= 15 is 0 Å². The lowest BCUT2D eigenvalue weighted by molar-refractivity contribution is -0.116. The first kappa shape index (κ1) is 15.7. The monoisotopic (exact) mass is 297 g/mol. The van der Waals surface area contributed by atoms with Gasteiger partial charge in [-0.15, -0.1) is 0 Å². The van der Waals surface area contributed by atoms with Crippen LogP contribution in [0.5, 0.6) is 0 Å². The van der Waals surface area contributed by atoms with Crippen LogP contribution < -0.4 is 9.80 Å². The average Bonchev–Trinajstić information content (AvgIpc) is 2.56. The summed E-state index contributed by atoms with van der Waals surface area (Å²) in [6.07, 6.45) is 3.34. The lowest BCUT2D eigenvalue weighted by Gasteiger charge is -2.21. The highest BCUT2D eigenvalue weighted by atomic mass is 16.2. The summed E-state index contributed by atoms with van der Waals surface area (Å²) in [7, 11) is 1.70. The van der Waals surface area contributed by atoms with Crippen molar-refractivity contribution in [1.82, 2.24) is 4.98 Å². The summed E-state index contributed by atoms with van der Waals surface area (Å²) in [4.78, 5) is 31.2. The molecule has 5 nitrogen and oxygen atoms in total. The van der Waals surface area contributed by atoms with Gasteiger partial charge in [0.15, 0.2) is 0 Å². The van der Waals surface area contributed by atoms with Gasteiger partial charge in [-0.3, -0.25) is 14.6 Å². The minimum Gasteiger partial charge on any atom is -0.316 e. The van der Waals surface area contributed by atoms with Crippen LogP contribution in [0.2, 0.25) is 0 Å². The van der Waals surface area contributed by atoms with Crippen LogP contribution in [0.4, 0.5) is 11.4 Å². The molecule has 2 aromatic rings. The number of pyridine rings is 1. The van der Waals surface area contributed by atoms with Crippen LogP contribution in [0.15, 0.2) is 48.8 Å². The second-order valence-electron chi connectivity index (χ2n) is 4.89. The summed E-state index contributed by atoms with van der Waals surface area (Å²) >= 11 is 0. The summed E-state index contributed by atoms with van der Waals surface area (Å²) in [5.41, 5.74) is 2.10. The summed E-state index contributed by atoms with van der Waals surface area (Å²) in [5, 5.41) is 0. The van der Waals surface area contributed by atoms with Crippen molar-refractivity contribution in [3.63, 3.8) is 0 Å². The average molecular weight is 297 g/mol. The number of aromatic nitrogens is 1. The normalized spacial score (nSPS) is 10.1. The number of hydrogen-bond acceptors (Lipinski definition) is 3. The van der Waals surface area contributed by atoms with E-state index in [0.29, 0.717) is 12.1 Å². The van der Waals surface area contributed by atoms with Gasteiger partial charge >= 0.3 is 0 Å². The van der Waals surface area contributed by atoms with Crippen molar-refractivity contribution in [1.29, 1.82) is 0 Å². The van der Waals surface area contributed by atoms with Gasteiger partial charge in [-0.1, -0.05) is 0 Å². The maximum atomic E-state index is 12.6. The number of carbonyl (C=O) groups is 2. The molecule has 1 aromatic carbocycles. The van der Waals surface area contributed by atoms with Crippen LogP contribution in [0.1, 0.15) is 24.2 Å². The highest BCUT2D eigenvalue weighted by Gasteiger charge is 2.16. The highest BCUT2D eigenvalue weighted by Crippen LogP contribution is 2.18. The van der Waals surface area contributed by atoms with Gasteiger partial charge in [-0.25, -0.2) is 0 Å². The molecule has 0 N–H and O–H groups in total. The molecule has 0 saturated carbocycles. The van der Waals surface area contributed by atoms with Gasteiger partial charge in [-0.2, -0.15) is 0 Å². The van der Waals surface area contributed by atoms with Crippen LogP contribution in [-0.4, -0.2) is 30.4 Å². The molecule has 22 heavy (non-hydrogen) atoms. The molecule has 5 heteroatoms. The van der Waals surface area contributed by atoms with Gasteiger partial charge in [0.1, 0.15) is 0 Å². The topological polar surface area (TPSA) is 53.5 Å². The fourth-order valence-electron chi connectivity index (χ4n) is 2.12. The zero-order valence-electron chi connectivity index (χ0n) is 13.0. The Hall–Kier alpha value is -2.69. The smallest absolute Gasteiger partial charge is 0.258 e. The lowest BCUT2D eigenvalue weighted by atomic mass is 10.1. The van der Waals surface area contributed by atoms with Crippen LogP contribution in [0, 0.1) is 0 Å². The molecule has 2 rings (SSSR count). The Morgan fingerprint density at radius 1 is 1.09 bits per heavy atom. The number of anilines is 2. The van der Waals surface area contributed by atoms with Gasteiger partial charge in [-0.05, 0) is 43.3 Å². The molecule has 1 aromatic heterocycles. The fraction of sp³-hybridized carbons (Fsp3) is 0.235.